The fraction of sp³-hybridized carbons (Fsp3) is 0.300. The van der Waals surface area contributed by atoms with E-state index in [1.165, 1.54) is 0 Å². The third kappa shape index (κ3) is 2.83. The van der Waals surface area contributed by atoms with Gasteiger partial charge in [-0.2, -0.15) is 13.2 Å². The zero-order chi connectivity index (χ0) is 13.4. The lowest BCUT2D eigenvalue weighted by Crippen LogP contribution is -2.13. The molecule has 0 bridgehead atoms. The molecule has 0 amide bonds. The second-order valence-corrected chi connectivity index (χ2v) is 4.04. The third-order valence-electron chi connectivity index (χ3n) is 2.07. The molecule has 1 nitrogen and oxygen atoms in total. The lowest BCUT2D eigenvalue weighted by atomic mass is 10.0. The first kappa shape index (κ1) is 14.1. The topological polar surface area (TPSA) is 17.1 Å². The molecule has 0 aliphatic carbocycles. The van der Waals surface area contributed by atoms with Crippen molar-refractivity contribution in [3.05, 3.63) is 33.3 Å². The van der Waals surface area contributed by atoms with Gasteiger partial charge in [0.25, 0.3) is 6.43 Å². The zero-order valence-electron chi connectivity index (χ0n) is 8.41. The smallest absolute Gasteiger partial charge is 0.294 e. The number of hydrogen-bond acceptors (Lipinski definition) is 1. The van der Waals surface area contributed by atoms with Crippen molar-refractivity contribution in [2.45, 2.75) is 19.5 Å². The highest BCUT2D eigenvalue weighted by atomic mass is 79.9. The summed E-state index contributed by atoms with van der Waals surface area (Å²) in [6.45, 7) is 1.06. The minimum atomic E-state index is -4.95. The fourth-order valence-electron chi connectivity index (χ4n) is 1.33. The van der Waals surface area contributed by atoms with Crippen molar-refractivity contribution < 1.29 is 26.7 Å². The molecular formula is C10H6BrF5O. The number of alkyl halides is 5. The Hall–Kier alpha value is -0.980. The van der Waals surface area contributed by atoms with E-state index in [4.69, 9.17) is 0 Å². The molecule has 0 fully saturated rings. The van der Waals surface area contributed by atoms with Crippen molar-refractivity contribution >= 4 is 21.7 Å². The second kappa shape index (κ2) is 4.72. The Morgan fingerprint density at radius 1 is 1.29 bits per heavy atom. The van der Waals surface area contributed by atoms with Gasteiger partial charge in [-0.3, -0.25) is 4.79 Å². The molecule has 0 spiro atoms. The van der Waals surface area contributed by atoms with Crippen LogP contribution >= 0.6 is 15.9 Å². The first-order chi connectivity index (χ1) is 7.66. The molecular weight excluding hydrogens is 311 g/mol. The highest BCUT2D eigenvalue weighted by molar-refractivity contribution is 9.10. The monoisotopic (exact) mass is 316 g/mol. The summed E-state index contributed by atoms with van der Waals surface area (Å²) in [5.41, 5.74) is -2.92. The lowest BCUT2D eigenvalue weighted by molar-refractivity contribution is -0.140. The molecule has 0 aliphatic rings. The van der Waals surface area contributed by atoms with E-state index >= 15 is 0 Å². The average molecular weight is 317 g/mol. The summed E-state index contributed by atoms with van der Waals surface area (Å²) in [5.74, 6) is -0.636. The molecule has 1 rings (SSSR count). The summed E-state index contributed by atoms with van der Waals surface area (Å²) < 4.78 is 62.2. The molecule has 7 heteroatoms. The molecule has 0 unspecified atom stereocenters. The summed E-state index contributed by atoms with van der Waals surface area (Å²) in [7, 11) is 0. The van der Waals surface area contributed by atoms with Crippen LogP contribution in [-0.4, -0.2) is 5.78 Å². The second-order valence-electron chi connectivity index (χ2n) is 3.25. The van der Waals surface area contributed by atoms with E-state index in [0.717, 1.165) is 13.0 Å². The zero-order valence-corrected chi connectivity index (χ0v) is 9.99. The van der Waals surface area contributed by atoms with Crippen molar-refractivity contribution in [1.29, 1.82) is 0 Å². The maximum absolute atomic E-state index is 12.6. The highest BCUT2D eigenvalue weighted by Gasteiger charge is 2.39. The summed E-state index contributed by atoms with van der Waals surface area (Å²) >= 11 is 2.56. The van der Waals surface area contributed by atoms with Crippen LogP contribution in [0.25, 0.3) is 0 Å². The number of carbonyl (C=O) groups excluding carboxylic acids is 1. The van der Waals surface area contributed by atoms with Crippen LogP contribution in [0.3, 0.4) is 0 Å². The van der Waals surface area contributed by atoms with Crippen LogP contribution in [0.15, 0.2) is 16.6 Å². The summed E-state index contributed by atoms with van der Waals surface area (Å²) in [4.78, 5) is 11.0. The molecule has 0 saturated heterocycles. The standard InChI is InChI=1S/C10H6BrF5O/c1-4(17)5-2-3-6(9(12)13)7(8(5)11)10(14,15)16/h2-3,9H,1H3. The average Bonchev–Trinajstić information content (AvgIpc) is 2.14. The van der Waals surface area contributed by atoms with E-state index in [1.807, 2.05) is 0 Å². The van der Waals surface area contributed by atoms with Crippen LogP contribution in [0.1, 0.15) is 34.8 Å². The minimum Gasteiger partial charge on any atom is -0.294 e. The van der Waals surface area contributed by atoms with Crippen LogP contribution in [-0.2, 0) is 6.18 Å². The SMILES string of the molecule is CC(=O)c1ccc(C(F)F)c(C(F)(F)F)c1Br. The van der Waals surface area contributed by atoms with Gasteiger partial charge in [0.1, 0.15) is 0 Å². The van der Waals surface area contributed by atoms with Crippen LogP contribution in [0.4, 0.5) is 22.0 Å². The first-order valence-electron chi connectivity index (χ1n) is 4.35. The number of ketones is 1. The molecule has 0 N–H and O–H groups in total. The van der Waals surface area contributed by atoms with Crippen molar-refractivity contribution in [3.8, 4) is 0 Å². The quantitative estimate of drug-likeness (QED) is 0.575. The van der Waals surface area contributed by atoms with Gasteiger partial charge in [0, 0.05) is 15.6 Å². The first-order valence-corrected chi connectivity index (χ1v) is 5.14. The van der Waals surface area contributed by atoms with Crippen LogP contribution in [0, 0.1) is 0 Å². The Balaban J connectivity index is 3.59. The van der Waals surface area contributed by atoms with Gasteiger partial charge in [0.15, 0.2) is 5.78 Å². The van der Waals surface area contributed by atoms with Crippen LogP contribution in [0.2, 0.25) is 0 Å². The molecule has 1 aromatic rings. The van der Waals surface area contributed by atoms with Crippen molar-refractivity contribution in [2.75, 3.05) is 0 Å². The number of Topliss-reactive ketones (excluding diaryl/α,β-unsaturated/α-hetero) is 1. The van der Waals surface area contributed by atoms with Gasteiger partial charge >= 0.3 is 6.18 Å². The summed E-state index contributed by atoms with van der Waals surface area (Å²) in [5, 5.41) is 0. The van der Waals surface area contributed by atoms with Gasteiger partial charge in [-0.1, -0.05) is 6.07 Å². The largest absolute Gasteiger partial charge is 0.417 e. The molecule has 0 heterocycles. The van der Waals surface area contributed by atoms with Crippen LogP contribution < -0.4 is 0 Å². The van der Waals surface area contributed by atoms with Gasteiger partial charge in [-0.05, 0) is 28.9 Å². The van der Waals surface area contributed by atoms with E-state index in [1.54, 1.807) is 0 Å². The van der Waals surface area contributed by atoms with Gasteiger partial charge in [-0.15, -0.1) is 0 Å². The Kier molecular flexibility index (Phi) is 3.91. The predicted octanol–water partition coefficient (Wildman–Crippen LogP) is 4.61. The van der Waals surface area contributed by atoms with Gasteiger partial charge in [0.2, 0.25) is 0 Å². The van der Waals surface area contributed by atoms with Gasteiger partial charge < -0.3 is 0 Å². The van der Waals surface area contributed by atoms with E-state index in [2.05, 4.69) is 15.9 Å². The Morgan fingerprint density at radius 2 is 1.82 bits per heavy atom. The normalized spacial score (nSPS) is 12.0. The molecule has 1 aromatic carbocycles. The molecule has 94 valence electrons. The van der Waals surface area contributed by atoms with Crippen molar-refractivity contribution in [2.24, 2.45) is 0 Å². The molecule has 0 aromatic heterocycles. The Bertz CT molecular complexity index is 453. The number of halogens is 6. The lowest BCUT2D eigenvalue weighted by Gasteiger charge is -2.16. The van der Waals surface area contributed by atoms with Gasteiger partial charge in [-0.25, -0.2) is 8.78 Å². The number of rotatable bonds is 2. The van der Waals surface area contributed by atoms with E-state index < -0.39 is 34.0 Å². The fourth-order valence-corrected chi connectivity index (χ4v) is 2.20. The Labute approximate surface area is 102 Å². The molecule has 0 atom stereocenters. The Morgan fingerprint density at radius 3 is 2.18 bits per heavy atom. The van der Waals surface area contributed by atoms with Crippen LogP contribution in [0.5, 0.6) is 0 Å². The highest BCUT2D eigenvalue weighted by Crippen LogP contribution is 2.42. The molecule has 0 saturated carbocycles. The number of benzene rings is 1. The maximum Gasteiger partial charge on any atom is 0.417 e. The molecule has 0 radical (unpaired) electrons. The van der Waals surface area contributed by atoms with Gasteiger partial charge in [0.05, 0.1) is 5.56 Å². The van der Waals surface area contributed by atoms with Crippen molar-refractivity contribution in [3.63, 3.8) is 0 Å². The van der Waals surface area contributed by atoms with E-state index in [9.17, 15) is 26.7 Å². The number of hydrogen-bond donors (Lipinski definition) is 0. The molecule has 0 aliphatic heterocycles. The maximum atomic E-state index is 12.6. The van der Waals surface area contributed by atoms with Crippen molar-refractivity contribution in [1.82, 2.24) is 0 Å². The third-order valence-corrected chi connectivity index (χ3v) is 2.90. The summed E-state index contributed by atoms with van der Waals surface area (Å²) in [6.07, 6.45) is -8.21. The summed E-state index contributed by atoms with van der Waals surface area (Å²) in [6, 6.07) is 1.57. The molecule has 17 heavy (non-hydrogen) atoms. The predicted molar refractivity (Wildman–Crippen MR) is 54.1 cm³/mol. The van der Waals surface area contributed by atoms with E-state index in [0.29, 0.717) is 6.07 Å². The minimum absolute atomic E-state index is 0.276. The van der Waals surface area contributed by atoms with E-state index in [-0.39, 0.29) is 5.56 Å². The number of carbonyl (C=O) groups is 1.